The molecule has 43 heavy (non-hydrogen) atoms. The van der Waals surface area contributed by atoms with Crippen molar-refractivity contribution >= 4 is 29.2 Å². The maximum absolute atomic E-state index is 13.7. The van der Waals surface area contributed by atoms with Crippen molar-refractivity contribution in [1.82, 2.24) is 19.6 Å². The van der Waals surface area contributed by atoms with Crippen molar-refractivity contribution in [3.63, 3.8) is 0 Å². The quantitative estimate of drug-likeness (QED) is 0.379. The standard InChI is InChI=1S/C30H36N6O7/c1-17-13-36(19(3)15-37)29(39)21-7-6-8-22(32-28(38)23-11-18(2)33-35(23)5)27(21)43-26(17)14-34(4)30(40)31-20-9-10-24-25(12-20)42-16-41-24/h6-12,17,19,26,37H,13-16H2,1-5H3,(H,31,40)(H,32,38)/t17-,19-,26+/m0/s1. The highest BCUT2D eigenvalue weighted by Crippen LogP contribution is 2.36. The fourth-order valence-corrected chi connectivity index (χ4v) is 5.12. The number of para-hydroxylation sites is 1. The molecular weight excluding hydrogens is 556 g/mol. The lowest BCUT2D eigenvalue weighted by molar-refractivity contribution is 0.0372. The first-order chi connectivity index (χ1) is 20.5. The number of likely N-dealkylation sites (N-methyl/N-ethyl adjacent to an activating group) is 1. The number of benzene rings is 2. The number of fused-ring (bicyclic) bond motifs is 2. The van der Waals surface area contributed by atoms with Crippen molar-refractivity contribution in [2.75, 3.05) is 44.2 Å². The van der Waals surface area contributed by atoms with Gasteiger partial charge in [-0.3, -0.25) is 14.3 Å². The maximum atomic E-state index is 13.7. The molecule has 0 bridgehead atoms. The Morgan fingerprint density at radius 1 is 1.16 bits per heavy atom. The molecule has 2 aliphatic heterocycles. The number of carbonyl (C=O) groups is 3. The Hall–Kier alpha value is -4.78. The van der Waals surface area contributed by atoms with Crippen LogP contribution in [0.3, 0.4) is 0 Å². The summed E-state index contributed by atoms with van der Waals surface area (Å²) in [6.07, 6.45) is -0.579. The van der Waals surface area contributed by atoms with Gasteiger partial charge in [-0.25, -0.2) is 4.79 Å². The van der Waals surface area contributed by atoms with Gasteiger partial charge in [0.25, 0.3) is 11.8 Å². The molecular formula is C30H36N6O7. The average Bonchev–Trinajstić information content (AvgIpc) is 3.59. The van der Waals surface area contributed by atoms with Gasteiger partial charge in [-0.15, -0.1) is 0 Å². The summed E-state index contributed by atoms with van der Waals surface area (Å²) < 4.78 is 18.7. The molecule has 5 rings (SSSR count). The van der Waals surface area contributed by atoms with Crippen molar-refractivity contribution < 1.29 is 33.7 Å². The summed E-state index contributed by atoms with van der Waals surface area (Å²) in [6, 6.07) is 10.9. The van der Waals surface area contributed by atoms with E-state index in [4.69, 9.17) is 14.2 Å². The number of aromatic nitrogens is 2. The van der Waals surface area contributed by atoms with E-state index in [1.54, 1.807) is 75.3 Å². The fraction of sp³-hybridized carbons (Fsp3) is 0.400. The van der Waals surface area contributed by atoms with Crippen LogP contribution in [0.1, 0.15) is 40.4 Å². The van der Waals surface area contributed by atoms with E-state index in [0.717, 1.165) is 0 Å². The van der Waals surface area contributed by atoms with Gasteiger partial charge in [0, 0.05) is 38.3 Å². The number of amides is 4. The molecule has 2 aromatic carbocycles. The average molecular weight is 593 g/mol. The smallest absolute Gasteiger partial charge is 0.321 e. The van der Waals surface area contributed by atoms with E-state index in [1.165, 1.54) is 9.58 Å². The highest BCUT2D eigenvalue weighted by molar-refractivity contribution is 6.06. The van der Waals surface area contributed by atoms with Crippen LogP contribution < -0.4 is 24.8 Å². The second-order valence-electron chi connectivity index (χ2n) is 10.9. The minimum atomic E-state index is -0.579. The van der Waals surface area contributed by atoms with Gasteiger partial charge in [-0.2, -0.15) is 5.10 Å². The molecule has 3 heterocycles. The first-order valence-corrected chi connectivity index (χ1v) is 14.0. The number of nitrogens with one attached hydrogen (secondary N) is 2. The van der Waals surface area contributed by atoms with Crippen LogP contribution in [0.5, 0.6) is 17.2 Å². The zero-order chi connectivity index (χ0) is 30.8. The molecule has 13 nitrogen and oxygen atoms in total. The Morgan fingerprint density at radius 2 is 1.93 bits per heavy atom. The van der Waals surface area contributed by atoms with E-state index in [9.17, 15) is 19.5 Å². The maximum Gasteiger partial charge on any atom is 0.321 e. The summed E-state index contributed by atoms with van der Waals surface area (Å²) in [5.41, 5.74) is 2.11. The molecule has 3 aromatic rings. The van der Waals surface area contributed by atoms with Crippen LogP contribution in [0, 0.1) is 12.8 Å². The normalized spacial score (nSPS) is 18.2. The van der Waals surface area contributed by atoms with E-state index < -0.39 is 18.1 Å². The first-order valence-electron chi connectivity index (χ1n) is 14.0. The van der Waals surface area contributed by atoms with Crippen LogP contribution in [0.15, 0.2) is 42.5 Å². The third-order valence-electron chi connectivity index (χ3n) is 7.60. The number of ether oxygens (including phenoxy) is 3. The number of carbonyl (C=O) groups excluding carboxylic acids is 3. The molecule has 0 spiro atoms. The number of hydrogen-bond donors (Lipinski definition) is 3. The monoisotopic (exact) mass is 592 g/mol. The van der Waals surface area contributed by atoms with E-state index in [1.807, 2.05) is 6.92 Å². The largest absolute Gasteiger partial charge is 0.485 e. The van der Waals surface area contributed by atoms with Gasteiger partial charge in [-0.1, -0.05) is 13.0 Å². The first kappa shape index (κ1) is 29.7. The lowest BCUT2D eigenvalue weighted by Crippen LogP contribution is -2.50. The van der Waals surface area contributed by atoms with Gasteiger partial charge in [0.2, 0.25) is 6.79 Å². The molecule has 2 aliphatic rings. The number of aliphatic hydroxyl groups excluding tert-OH is 1. The van der Waals surface area contributed by atoms with E-state index in [-0.39, 0.29) is 55.7 Å². The SMILES string of the molecule is Cc1cc(C(=O)Nc2cccc3c2O[C@H](CN(C)C(=O)Nc2ccc4c(c2)OCO4)[C@@H](C)CN([C@@H](C)CO)C3=O)n(C)n1. The summed E-state index contributed by atoms with van der Waals surface area (Å²) >= 11 is 0. The Bertz CT molecular complexity index is 1540. The predicted molar refractivity (Wildman–Crippen MR) is 158 cm³/mol. The van der Waals surface area contributed by atoms with Crippen molar-refractivity contribution in [1.29, 1.82) is 0 Å². The van der Waals surface area contributed by atoms with Gasteiger partial charge >= 0.3 is 6.03 Å². The summed E-state index contributed by atoms with van der Waals surface area (Å²) in [7, 11) is 3.32. The number of nitrogens with zero attached hydrogens (tertiary/aromatic N) is 4. The topological polar surface area (TPSA) is 147 Å². The van der Waals surface area contributed by atoms with Crippen molar-refractivity contribution in [2.24, 2.45) is 13.0 Å². The fourth-order valence-electron chi connectivity index (χ4n) is 5.12. The predicted octanol–water partition coefficient (Wildman–Crippen LogP) is 3.09. The molecule has 0 radical (unpaired) electrons. The molecule has 228 valence electrons. The van der Waals surface area contributed by atoms with E-state index >= 15 is 0 Å². The second-order valence-corrected chi connectivity index (χ2v) is 10.9. The molecule has 4 amide bonds. The number of rotatable bonds is 7. The van der Waals surface area contributed by atoms with Crippen molar-refractivity contribution in [3.8, 4) is 17.2 Å². The number of aliphatic hydroxyl groups is 1. The van der Waals surface area contributed by atoms with E-state index in [2.05, 4.69) is 15.7 Å². The van der Waals surface area contributed by atoms with E-state index in [0.29, 0.717) is 34.3 Å². The molecule has 1 aromatic heterocycles. The molecule has 0 saturated carbocycles. The minimum absolute atomic E-state index is 0.129. The summed E-state index contributed by atoms with van der Waals surface area (Å²) in [6.45, 7) is 5.82. The van der Waals surface area contributed by atoms with Gasteiger partial charge in [0.05, 0.1) is 36.1 Å². The zero-order valence-electron chi connectivity index (χ0n) is 24.8. The number of anilines is 2. The molecule has 3 atom stereocenters. The highest BCUT2D eigenvalue weighted by atomic mass is 16.7. The lowest BCUT2D eigenvalue weighted by atomic mass is 9.99. The summed E-state index contributed by atoms with van der Waals surface area (Å²) in [5, 5.41) is 19.9. The van der Waals surface area contributed by atoms with Crippen LogP contribution in [0.4, 0.5) is 16.2 Å². The molecule has 13 heteroatoms. The molecule has 0 fully saturated rings. The third kappa shape index (κ3) is 6.21. The third-order valence-corrected chi connectivity index (χ3v) is 7.60. The Balaban J connectivity index is 1.42. The van der Waals surface area contributed by atoms with Crippen LogP contribution in [0.25, 0.3) is 0 Å². The van der Waals surface area contributed by atoms with Crippen LogP contribution in [-0.2, 0) is 7.05 Å². The van der Waals surface area contributed by atoms with Gasteiger partial charge < -0.3 is 39.8 Å². The van der Waals surface area contributed by atoms with Crippen molar-refractivity contribution in [3.05, 3.63) is 59.4 Å². The van der Waals surface area contributed by atoms with Gasteiger partial charge in [0.15, 0.2) is 17.2 Å². The number of hydrogen-bond acceptors (Lipinski definition) is 8. The van der Waals surface area contributed by atoms with Crippen LogP contribution in [-0.4, -0.2) is 88.2 Å². The molecule has 0 saturated heterocycles. The Labute approximate surface area is 249 Å². The number of urea groups is 1. The van der Waals surface area contributed by atoms with Gasteiger partial charge in [-0.05, 0) is 44.2 Å². The lowest BCUT2D eigenvalue weighted by Gasteiger charge is -2.38. The van der Waals surface area contributed by atoms with Crippen LogP contribution >= 0.6 is 0 Å². The molecule has 3 N–H and O–H groups in total. The van der Waals surface area contributed by atoms with Gasteiger partial charge in [0.1, 0.15) is 11.8 Å². The minimum Gasteiger partial charge on any atom is -0.485 e. The number of aryl methyl sites for hydroxylation is 2. The highest BCUT2D eigenvalue weighted by Gasteiger charge is 2.35. The second kappa shape index (κ2) is 12.2. The Kier molecular flexibility index (Phi) is 8.44. The summed E-state index contributed by atoms with van der Waals surface area (Å²) in [5.74, 6) is 0.349. The summed E-state index contributed by atoms with van der Waals surface area (Å²) in [4.78, 5) is 43.2. The zero-order valence-corrected chi connectivity index (χ0v) is 24.8. The molecule has 0 unspecified atom stereocenters. The Morgan fingerprint density at radius 3 is 2.65 bits per heavy atom. The van der Waals surface area contributed by atoms with Crippen LogP contribution in [0.2, 0.25) is 0 Å². The van der Waals surface area contributed by atoms with Crippen molar-refractivity contribution in [2.45, 2.75) is 32.9 Å². The molecule has 0 aliphatic carbocycles.